The summed E-state index contributed by atoms with van der Waals surface area (Å²) in [4.78, 5) is 25.6. The van der Waals surface area contributed by atoms with Gasteiger partial charge >= 0.3 is 0 Å². The molecule has 2 atom stereocenters. The van der Waals surface area contributed by atoms with E-state index in [4.69, 9.17) is 5.11 Å². The van der Waals surface area contributed by atoms with E-state index in [0.29, 0.717) is 6.42 Å². The van der Waals surface area contributed by atoms with Gasteiger partial charge in [0.25, 0.3) is 0 Å². The second-order valence-electron chi connectivity index (χ2n) is 5.26. The van der Waals surface area contributed by atoms with Crippen LogP contribution in [-0.4, -0.2) is 36.1 Å². The van der Waals surface area contributed by atoms with E-state index in [0.717, 1.165) is 18.2 Å². The molecule has 0 aromatic heterocycles. The highest BCUT2D eigenvalue weighted by molar-refractivity contribution is 6.09. The van der Waals surface area contributed by atoms with Gasteiger partial charge in [0.2, 0.25) is 11.8 Å². The fourth-order valence-electron chi connectivity index (χ4n) is 2.45. The highest BCUT2D eigenvalue weighted by Gasteiger charge is 2.38. The van der Waals surface area contributed by atoms with Gasteiger partial charge in [0.1, 0.15) is 17.6 Å². The predicted octanol–water partition coefficient (Wildman–Crippen LogP) is 1.20. The summed E-state index contributed by atoms with van der Waals surface area (Å²) < 4.78 is 26.5. The van der Waals surface area contributed by atoms with Gasteiger partial charge in [-0.05, 0) is 25.0 Å². The van der Waals surface area contributed by atoms with Crippen molar-refractivity contribution in [3.8, 4) is 0 Å². The Morgan fingerprint density at radius 1 is 1.41 bits per heavy atom. The van der Waals surface area contributed by atoms with Crippen molar-refractivity contribution < 1.29 is 23.5 Å². The van der Waals surface area contributed by atoms with E-state index in [-0.39, 0.29) is 25.3 Å². The fourth-order valence-corrected chi connectivity index (χ4v) is 2.45. The van der Waals surface area contributed by atoms with Crippen LogP contribution in [0.3, 0.4) is 0 Å². The first-order chi connectivity index (χ1) is 10.5. The average Bonchev–Trinajstić information content (AvgIpc) is 2.85. The van der Waals surface area contributed by atoms with Crippen LogP contribution in [0.25, 0.3) is 0 Å². The zero-order chi connectivity index (χ0) is 16.3. The highest BCUT2D eigenvalue weighted by Crippen LogP contribution is 2.26. The molecule has 2 N–H and O–H groups in total. The van der Waals surface area contributed by atoms with Crippen molar-refractivity contribution in [2.75, 3.05) is 18.1 Å². The molecule has 0 spiro atoms. The number of halogens is 2. The molecule has 2 unspecified atom stereocenters. The van der Waals surface area contributed by atoms with Crippen LogP contribution in [0.1, 0.15) is 19.8 Å². The Morgan fingerprint density at radius 3 is 2.59 bits per heavy atom. The van der Waals surface area contributed by atoms with Gasteiger partial charge in [0.15, 0.2) is 0 Å². The number of benzene rings is 1. The van der Waals surface area contributed by atoms with Gasteiger partial charge in [-0.25, -0.2) is 8.78 Å². The number of hydrogen-bond donors (Lipinski definition) is 2. The summed E-state index contributed by atoms with van der Waals surface area (Å²) in [5.74, 6) is -3.41. The molecule has 1 aliphatic rings. The number of carbonyl (C=O) groups excluding carboxylic acids is 2. The predicted molar refractivity (Wildman–Crippen MR) is 76.1 cm³/mol. The van der Waals surface area contributed by atoms with E-state index in [9.17, 15) is 18.4 Å². The monoisotopic (exact) mass is 312 g/mol. The molecule has 120 valence electrons. The first-order valence-corrected chi connectivity index (χ1v) is 7.15. The molecule has 1 aromatic rings. The van der Waals surface area contributed by atoms with E-state index < -0.39 is 35.4 Å². The van der Waals surface area contributed by atoms with E-state index in [1.807, 2.05) is 0 Å². The zero-order valence-corrected chi connectivity index (χ0v) is 12.2. The maximum absolute atomic E-state index is 13.2. The number of aliphatic hydroxyl groups is 1. The minimum atomic E-state index is -0.896. The first kappa shape index (κ1) is 16.4. The minimum absolute atomic E-state index is 0.104. The largest absolute Gasteiger partial charge is 0.394 e. The molecule has 0 radical (unpaired) electrons. The molecule has 7 heteroatoms. The van der Waals surface area contributed by atoms with Crippen LogP contribution in [0.4, 0.5) is 14.5 Å². The molecule has 1 aliphatic heterocycles. The summed E-state index contributed by atoms with van der Waals surface area (Å²) in [6.07, 6.45) is 0.812. The fraction of sp³-hybridized carbons (Fsp3) is 0.467. The maximum Gasteiger partial charge on any atom is 0.239 e. The number of anilines is 1. The van der Waals surface area contributed by atoms with Crippen molar-refractivity contribution in [1.29, 1.82) is 0 Å². The number of nitrogens with zero attached hydrogens (tertiary/aromatic N) is 1. The first-order valence-electron chi connectivity index (χ1n) is 7.15. The Labute approximate surface area is 126 Å². The molecule has 2 amide bonds. The smallest absolute Gasteiger partial charge is 0.239 e. The summed E-state index contributed by atoms with van der Waals surface area (Å²) in [6, 6.07) is 2.44. The lowest BCUT2D eigenvalue weighted by Crippen LogP contribution is -2.43. The number of carbonyl (C=O) groups is 2. The number of hydrogen-bond acceptors (Lipinski definition) is 3. The van der Waals surface area contributed by atoms with Crippen LogP contribution in [0.2, 0.25) is 0 Å². The molecule has 1 saturated heterocycles. The van der Waals surface area contributed by atoms with E-state index in [2.05, 4.69) is 5.32 Å². The van der Waals surface area contributed by atoms with Crippen LogP contribution >= 0.6 is 0 Å². The maximum atomic E-state index is 13.2. The lowest BCUT2D eigenvalue weighted by Gasteiger charge is -2.19. The van der Waals surface area contributed by atoms with Crippen molar-refractivity contribution in [2.45, 2.75) is 25.8 Å². The SMILES string of the molecule is CCC(CO)NC(=O)C1CCN(c2cc(F)cc(F)c2)C1=O. The van der Waals surface area contributed by atoms with Gasteiger partial charge in [-0.1, -0.05) is 6.92 Å². The van der Waals surface area contributed by atoms with Gasteiger partial charge < -0.3 is 15.3 Å². The van der Waals surface area contributed by atoms with E-state index in [1.54, 1.807) is 6.92 Å². The van der Waals surface area contributed by atoms with Crippen LogP contribution in [-0.2, 0) is 9.59 Å². The van der Waals surface area contributed by atoms with E-state index >= 15 is 0 Å². The summed E-state index contributed by atoms with van der Waals surface area (Å²) >= 11 is 0. The molecule has 5 nitrogen and oxygen atoms in total. The minimum Gasteiger partial charge on any atom is -0.394 e. The highest BCUT2D eigenvalue weighted by atomic mass is 19.1. The Bertz CT molecular complexity index is 556. The third-order valence-electron chi connectivity index (χ3n) is 3.74. The number of rotatable bonds is 5. The standard InChI is InChI=1S/C15H18F2N2O3/c1-2-11(8-20)18-14(21)13-3-4-19(15(13)22)12-6-9(16)5-10(17)7-12/h5-7,11,13,20H,2-4,8H2,1H3,(H,18,21). The van der Waals surface area contributed by atoms with Gasteiger partial charge in [-0.2, -0.15) is 0 Å². The topological polar surface area (TPSA) is 69.6 Å². The molecule has 0 bridgehead atoms. The van der Waals surface area contributed by atoms with Crippen molar-refractivity contribution in [3.05, 3.63) is 29.8 Å². The lowest BCUT2D eigenvalue weighted by atomic mass is 10.1. The Morgan fingerprint density at radius 2 is 2.05 bits per heavy atom. The van der Waals surface area contributed by atoms with Crippen LogP contribution in [0.15, 0.2) is 18.2 Å². The molecule has 1 fully saturated rings. The summed E-state index contributed by atoms with van der Waals surface area (Å²) in [6.45, 7) is 1.82. The lowest BCUT2D eigenvalue weighted by molar-refractivity contribution is -0.132. The normalized spacial score (nSPS) is 19.4. The second-order valence-corrected chi connectivity index (χ2v) is 5.26. The Kier molecular flexibility index (Phi) is 5.07. The third-order valence-corrected chi connectivity index (χ3v) is 3.74. The van der Waals surface area contributed by atoms with Crippen LogP contribution in [0.5, 0.6) is 0 Å². The molecule has 0 saturated carbocycles. The quantitative estimate of drug-likeness (QED) is 0.803. The van der Waals surface area contributed by atoms with Crippen LogP contribution < -0.4 is 10.2 Å². The van der Waals surface area contributed by atoms with Crippen molar-refractivity contribution in [3.63, 3.8) is 0 Å². The van der Waals surface area contributed by atoms with Crippen molar-refractivity contribution in [2.24, 2.45) is 5.92 Å². The molecule has 0 aliphatic carbocycles. The average molecular weight is 312 g/mol. The van der Waals surface area contributed by atoms with Crippen molar-refractivity contribution in [1.82, 2.24) is 5.32 Å². The van der Waals surface area contributed by atoms with Gasteiger partial charge in [-0.3, -0.25) is 9.59 Å². The molecular weight excluding hydrogens is 294 g/mol. The number of aliphatic hydroxyl groups excluding tert-OH is 1. The molecule has 22 heavy (non-hydrogen) atoms. The number of nitrogens with one attached hydrogen (secondary N) is 1. The zero-order valence-electron chi connectivity index (χ0n) is 12.2. The van der Waals surface area contributed by atoms with Gasteiger partial charge in [0.05, 0.1) is 12.6 Å². The second kappa shape index (κ2) is 6.83. The Hall–Kier alpha value is -2.02. The van der Waals surface area contributed by atoms with Crippen molar-refractivity contribution >= 4 is 17.5 Å². The summed E-state index contributed by atoms with van der Waals surface area (Å²) in [5, 5.41) is 11.7. The van der Waals surface area contributed by atoms with Gasteiger partial charge in [-0.15, -0.1) is 0 Å². The van der Waals surface area contributed by atoms with E-state index in [1.165, 1.54) is 4.90 Å². The van der Waals surface area contributed by atoms with Gasteiger partial charge in [0, 0.05) is 18.3 Å². The summed E-state index contributed by atoms with van der Waals surface area (Å²) in [7, 11) is 0. The number of amides is 2. The summed E-state index contributed by atoms with van der Waals surface area (Å²) in [5.41, 5.74) is 0.104. The molecular formula is C15H18F2N2O3. The Balaban J connectivity index is 2.10. The molecule has 2 rings (SSSR count). The molecule has 1 heterocycles. The third kappa shape index (κ3) is 3.41. The molecule has 1 aromatic carbocycles. The van der Waals surface area contributed by atoms with Crippen LogP contribution in [0, 0.1) is 17.6 Å².